The van der Waals surface area contributed by atoms with Gasteiger partial charge in [-0.3, -0.25) is 9.78 Å². The summed E-state index contributed by atoms with van der Waals surface area (Å²) >= 11 is 0. The predicted octanol–water partition coefficient (Wildman–Crippen LogP) is 2.14. The average molecular weight is 245 g/mol. The van der Waals surface area contributed by atoms with Gasteiger partial charge in [0.1, 0.15) is 5.75 Å². The molecule has 1 rings (SSSR count). The first-order chi connectivity index (χ1) is 7.95. The quantitative estimate of drug-likeness (QED) is 0.825. The number of hydrogen-bond donors (Lipinski definition) is 1. The topological polar surface area (TPSA) is 59.4 Å². The maximum atomic E-state index is 12.7. The monoisotopic (exact) mass is 245 g/mol. The van der Waals surface area contributed by atoms with Crippen LogP contribution >= 0.6 is 0 Å². The average Bonchev–Trinajstić information content (AvgIpc) is 2.23. The molecule has 6 heteroatoms. The Kier molecular flexibility index (Phi) is 4.37. The Morgan fingerprint density at radius 1 is 1.59 bits per heavy atom. The summed E-state index contributed by atoms with van der Waals surface area (Å²) in [6.45, 7) is 3.28. The number of aromatic hydroxyl groups is 1. The number of carbonyl (C=O) groups excluding carboxylic acids is 1. The highest BCUT2D eigenvalue weighted by Crippen LogP contribution is 2.27. The van der Waals surface area contributed by atoms with Gasteiger partial charge in [-0.25, -0.2) is 8.78 Å². The van der Waals surface area contributed by atoms with Crippen LogP contribution in [-0.2, 0) is 16.0 Å². The van der Waals surface area contributed by atoms with Crippen LogP contribution in [0.1, 0.15) is 30.3 Å². The Morgan fingerprint density at radius 3 is 2.76 bits per heavy atom. The maximum Gasteiger partial charge on any atom is 0.311 e. The van der Waals surface area contributed by atoms with Crippen LogP contribution in [0.15, 0.2) is 6.07 Å². The van der Waals surface area contributed by atoms with Crippen molar-refractivity contribution in [3.8, 4) is 5.75 Å². The third-order valence-corrected chi connectivity index (χ3v) is 2.15. The van der Waals surface area contributed by atoms with Gasteiger partial charge in [0.05, 0.1) is 24.4 Å². The number of aromatic nitrogens is 1. The Bertz CT molecular complexity index is 421. The molecular formula is C11H13F2NO3. The first kappa shape index (κ1) is 13.3. The smallest absolute Gasteiger partial charge is 0.311 e. The lowest BCUT2D eigenvalue weighted by Gasteiger charge is -2.10. The van der Waals surface area contributed by atoms with Crippen LogP contribution in [-0.4, -0.2) is 22.7 Å². The molecule has 0 saturated heterocycles. The van der Waals surface area contributed by atoms with Gasteiger partial charge in [-0.15, -0.1) is 0 Å². The number of pyridine rings is 1. The molecule has 1 heterocycles. The standard InChI is InChI=1S/C11H13F2NO3/c1-3-17-10(16)5-8-7(11(12)13)4-9(15)6(2)14-8/h4,11,15H,3,5H2,1-2H3. The van der Waals surface area contributed by atoms with Crippen molar-refractivity contribution in [1.82, 2.24) is 4.98 Å². The van der Waals surface area contributed by atoms with Crippen molar-refractivity contribution in [3.05, 3.63) is 23.0 Å². The van der Waals surface area contributed by atoms with Crippen molar-refractivity contribution < 1.29 is 23.4 Å². The Balaban J connectivity index is 3.04. The molecule has 0 atom stereocenters. The molecule has 0 aliphatic rings. The van der Waals surface area contributed by atoms with Crippen molar-refractivity contribution in [2.24, 2.45) is 0 Å². The van der Waals surface area contributed by atoms with Crippen LogP contribution in [0.5, 0.6) is 5.75 Å². The highest BCUT2D eigenvalue weighted by atomic mass is 19.3. The first-order valence-electron chi connectivity index (χ1n) is 5.08. The van der Waals surface area contributed by atoms with Crippen molar-refractivity contribution in [1.29, 1.82) is 0 Å². The number of ether oxygens (including phenoxy) is 1. The molecule has 17 heavy (non-hydrogen) atoms. The lowest BCUT2D eigenvalue weighted by atomic mass is 10.1. The van der Waals surface area contributed by atoms with Gasteiger partial charge >= 0.3 is 5.97 Å². The summed E-state index contributed by atoms with van der Waals surface area (Å²) in [7, 11) is 0. The fourth-order valence-electron chi connectivity index (χ4n) is 1.34. The van der Waals surface area contributed by atoms with Gasteiger partial charge in [0.2, 0.25) is 0 Å². The van der Waals surface area contributed by atoms with E-state index in [9.17, 15) is 18.7 Å². The van der Waals surface area contributed by atoms with E-state index in [0.29, 0.717) is 0 Å². The number of carbonyl (C=O) groups is 1. The Hall–Kier alpha value is -1.72. The largest absolute Gasteiger partial charge is 0.506 e. The van der Waals surface area contributed by atoms with Gasteiger partial charge in [0, 0.05) is 5.56 Å². The number of esters is 1. The summed E-state index contributed by atoms with van der Waals surface area (Å²) in [5.41, 5.74) is -0.302. The van der Waals surface area contributed by atoms with Crippen molar-refractivity contribution >= 4 is 5.97 Å². The van der Waals surface area contributed by atoms with E-state index in [2.05, 4.69) is 9.72 Å². The molecule has 1 aromatic rings. The highest BCUT2D eigenvalue weighted by Gasteiger charge is 2.19. The second-order valence-electron chi connectivity index (χ2n) is 3.41. The van der Waals surface area contributed by atoms with Crippen molar-refractivity contribution in [3.63, 3.8) is 0 Å². The second-order valence-corrected chi connectivity index (χ2v) is 3.41. The zero-order valence-electron chi connectivity index (χ0n) is 9.54. The van der Waals surface area contributed by atoms with Crippen molar-refractivity contribution in [2.75, 3.05) is 6.61 Å². The van der Waals surface area contributed by atoms with E-state index in [-0.39, 0.29) is 30.2 Å². The van der Waals surface area contributed by atoms with E-state index < -0.39 is 18.0 Å². The second kappa shape index (κ2) is 5.56. The molecule has 0 radical (unpaired) electrons. The minimum Gasteiger partial charge on any atom is -0.506 e. The number of alkyl halides is 2. The minimum absolute atomic E-state index is 0.0613. The van der Waals surface area contributed by atoms with Gasteiger partial charge in [-0.1, -0.05) is 0 Å². The van der Waals surface area contributed by atoms with Crippen LogP contribution < -0.4 is 0 Å². The third kappa shape index (κ3) is 3.37. The van der Waals surface area contributed by atoms with Crippen LogP contribution in [0.4, 0.5) is 8.78 Å². The van der Waals surface area contributed by atoms with Gasteiger partial charge in [0.25, 0.3) is 6.43 Å². The SMILES string of the molecule is CCOC(=O)Cc1nc(C)c(O)cc1C(F)F. The third-order valence-electron chi connectivity index (χ3n) is 2.15. The molecule has 4 nitrogen and oxygen atoms in total. The zero-order valence-corrected chi connectivity index (χ0v) is 9.54. The van der Waals surface area contributed by atoms with E-state index in [1.807, 2.05) is 0 Å². The molecule has 0 aliphatic carbocycles. The number of hydrogen-bond acceptors (Lipinski definition) is 4. The molecule has 0 saturated carbocycles. The molecule has 0 aliphatic heterocycles. The summed E-state index contributed by atoms with van der Waals surface area (Å²) in [5, 5.41) is 9.30. The number of aryl methyl sites for hydroxylation is 1. The Labute approximate surface area is 97.2 Å². The van der Waals surface area contributed by atoms with Crippen LogP contribution in [0.3, 0.4) is 0 Å². The van der Waals surface area contributed by atoms with Gasteiger partial charge in [-0.2, -0.15) is 0 Å². The van der Waals surface area contributed by atoms with E-state index in [1.54, 1.807) is 6.92 Å². The summed E-state index contributed by atoms with van der Waals surface area (Å²) < 4.78 is 30.0. The molecule has 0 unspecified atom stereocenters. The van der Waals surface area contributed by atoms with E-state index in [1.165, 1.54) is 6.92 Å². The fraction of sp³-hybridized carbons (Fsp3) is 0.455. The summed E-state index contributed by atoms with van der Waals surface area (Å²) in [6.07, 6.45) is -3.12. The zero-order chi connectivity index (χ0) is 13.0. The molecule has 0 amide bonds. The lowest BCUT2D eigenvalue weighted by Crippen LogP contribution is -2.11. The number of nitrogens with zero attached hydrogens (tertiary/aromatic N) is 1. The molecule has 0 bridgehead atoms. The number of rotatable bonds is 4. The molecule has 0 spiro atoms. The predicted molar refractivity (Wildman–Crippen MR) is 55.9 cm³/mol. The molecule has 0 fully saturated rings. The molecular weight excluding hydrogens is 232 g/mol. The normalized spacial score (nSPS) is 10.6. The maximum absolute atomic E-state index is 12.7. The van der Waals surface area contributed by atoms with Gasteiger partial charge in [-0.05, 0) is 19.9 Å². The highest BCUT2D eigenvalue weighted by molar-refractivity contribution is 5.72. The summed E-state index contributed by atoms with van der Waals surface area (Å²) in [4.78, 5) is 15.0. The molecule has 0 aromatic carbocycles. The minimum atomic E-state index is -2.79. The van der Waals surface area contributed by atoms with Gasteiger partial charge in [0.15, 0.2) is 0 Å². The first-order valence-corrected chi connectivity index (χ1v) is 5.08. The Morgan fingerprint density at radius 2 is 2.24 bits per heavy atom. The molecule has 1 aromatic heterocycles. The molecule has 1 N–H and O–H groups in total. The van der Waals surface area contributed by atoms with Gasteiger partial charge < -0.3 is 9.84 Å². The summed E-state index contributed by atoms with van der Waals surface area (Å²) in [5.74, 6) is -0.931. The van der Waals surface area contributed by atoms with E-state index in [4.69, 9.17) is 0 Å². The van der Waals surface area contributed by atoms with Crippen molar-refractivity contribution in [2.45, 2.75) is 26.7 Å². The number of halogens is 2. The fourth-order valence-corrected chi connectivity index (χ4v) is 1.34. The van der Waals surface area contributed by atoms with Crippen LogP contribution in [0.2, 0.25) is 0 Å². The van der Waals surface area contributed by atoms with E-state index >= 15 is 0 Å². The lowest BCUT2D eigenvalue weighted by molar-refractivity contribution is -0.142. The summed E-state index contributed by atoms with van der Waals surface area (Å²) in [6, 6.07) is 0.932. The van der Waals surface area contributed by atoms with E-state index in [0.717, 1.165) is 6.07 Å². The van der Waals surface area contributed by atoms with Crippen LogP contribution in [0, 0.1) is 6.92 Å². The van der Waals surface area contributed by atoms with Crippen LogP contribution in [0.25, 0.3) is 0 Å². The molecule has 94 valence electrons.